The van der Waals surface area contributed by atoms with E-state index in [-0.39, 0.29) is 27.7 Å². The summed E-state index contributed by atoms with van der Waals surface area (Å²) in [4.78, 5) is 12.2. The Hall–Kier alpha value is -3.49. The molecule has 0 aromatic heterocycles. The van der Waals surface area contributed by atoms with Crippen LogP contribution in [-0.4, -0.2) is 28.0 Å². The highest BCUT2D eigenvalue weighted by Crippen LogP contribution is 2.30. The fraction of sp³-hybridized carbons (Fsp3) is 0.111. The largest absolute Gasteiger partial charge is 0.493 e. The summed E-state index contributed by atoms with van der Waals surface area (Å²) in [7, 11) is -2.62. The number of ether oxygens (including phenoxy) is 2. The van der Waals surface area contributed by atoms with E-state index in [2.05, 4.69) is 10.1 Å². The van der Waals surface area contributed by atoms with Gasteiger partial charge < -0.3 is 14.8 Å². The van der Waals surface area contributed by atoms with Crippen molar-refractivity contribution < 1.29 is 31.5 Å². The van der Waals surface area contributed by atoms with E-state index in [9.17, 15) is 27.3 Å². The molecule has 29 heavy (non-hydrogen) atoms. The number of carbonyl (C=O) groups excluding carboxylic acids is 1. The van der Waals surface area contributed by atoms with Gasteiger partial charge in [-0.15, -0.1) is 0 Å². The van der Waals surface area contributed by atoms with Crippen LogP contribution in [0.3, 0.4) is 0 Å². The minimum Gasteiger partial charge on any atom is -0.493 e. The first-order valence-corrected chi connectivity index (χ1v) is 9.37. The highest BCUT2D eigenvalue weighted by atomic mass is 32.2. The second-order valence-corrected chi connectivity index (χ2v) is 7.04. The molecule has 0 saturated heterocycles. The molecule has 11 heteroatoms. The van der Waals surface area contributed by atoms with Gasteiger partial charge in [0.1, 0.15) is 11.6 Å². The van der Waals surface area contributed by atoms with Crippen molar-refractivity contribution in [1.29, 1.82) is 5.26 Å². The Bertz CT molecular complexity index is 1080. The van der Waals surface area contributed by atoms with Crippen LogP contribution in [0, 0.1) is 11.3 Å². The number of primary sulfonamides is 1. The summed E-state index contributed by atoms with van der Waals surface area (Å²) >= 11 is 0. The number of nitrogens with zero attached hydrogens (tertiary/aromatic N) is 1. The van der Waals surface area contributed by atoms with Gasteiger partial charge in [0.25, 0.3) is 5.91 Å². The second-order valence-electron chi connectivity index (χ2n) is 5.48. The van der Waals surface area contributed by atoms with Gasteiger partial charge in [-0.05, 0) is 48.0 Å². The Morgan fingerprint density at radius 1 is 1.21 bits per heavy atom. The van der Waals surface area contributed by atoms with E-state index in [0.29, 0.717) is 5.56 Å². The van der Waals surface area contributed by atoms with Gasteiger partial charge in [0.2, 0.25) is 10.0 Å². The van der Waals surface area contributed by atoms with E-state index in [1.165, 1.54) is 55.7 Å². The summed E-state index contributed by atoms with van der Waals surface area (Å²) in [5, 5.41) is 16.7. The number of hydrogen-bond donors (Lipinski definition) is 2. The summed E-state index contributed by atoms with van der Waals surface area (Å²) in [6.07, 6.45) is 1.22. The Morgan fingerprint density at radius 3 is 2.38 bits per heavy atom. The number of hydrogen-bond acceptors (Lipinski definition) is 6. The minimum atomic E-state index is -3.87. The number of amides is 1. The second kappa shape index (κ2) is 9.13. The number of benzene rings is 2. The van der Waals surface area contributed by atoms with E-state index < -0.39 is 22.5 Å². The fourth-order valence-electron chi connectivity index (χ4n) is 2.21. The van der Waals surface area contributed by atoms with Crippen LogP contribution in [0.2, 0.25) is 0 Å². The van der Waals surface area contributed by atoms with Crippen LogP contribution in [-0.2, 0) is 14.8 Å². The van der Waals surface area contributed by atoms with Crippen molar-refractivity contribution >= 4 is 27.7 Å². The van der Waals surface area contributed by atoms with Gasteiger partial charge >= 0.3 is 6.61 Å². The molecule has 1 amide bonds. The zero-order valence-corrected chi connectivity index (χ0v) is 15.7. The minimum absolute atomic E-state index is 0.00432. The van der Waals surface area contributed by atoms with Gasteiger partial charge in [0.05, 0.1) is 12.0 Å². The van der Waals surface area contributed by atoms with Gasteiger partial charge in [-0.25, -0.2) is 13.6 Å². The quantitative estimate of drug-likeness (QED) is 0.520. The SMILES string of the molecule is COc1cc(C=C(C#N)C(=O)Nc2ccc(S(N)(=O)=O)cc2)ccc1OC(F)F. The Labute approximate surface area is 165 Å². The van der Waals surface area contributed by atoms with Gasteiger partial charge in [-0.3, -0.25) is 4.79 Å². The van der Waals surface area contributed by atoms with Crippen molar-refractivity contribution in [3.63, 3.8) is 0 Å². The molecule has 0 radical (unpaired) electrons. The zero-order chi connectivity index (χ0) is 21.6. The normalized spacial score (nSPS) is 11.7. The Kier molecular flexibility index (Phi) is 6.87. The molecular formula is C18H15F2N3O5S. The maximum atomic E-state index is 12.4. The molecule has 2 aromatic carbocycles. The molecule has 0 aliphatic carbocycles. The molecule has 0 fully saturated rings. The molecule has 2 rings (SSSR count). The molecule has 2 aromatic rings. The molecule has 0 aliphatic rings. The molecule has 0 bridgehead atoms. The lowest BCUT2D eigenvalue weighted by Gasteiger charge is -2.10. The third kappa shape index (κ3) is 6.00. The van der Waals surface area contributed by atoms with Crippen molar-refractivity contribution in [1.82, 2.24) is 0 Å². The summed E-state index contributed by atoms with van der Waals surface area (Å²) in [5.74, 6) is -0.962. The third-order valence-corrected chi connectivity index (χ3v) is 4.45. The van der Waals surface area contributed by atoms with Crippen LogP contribution in [0.25, 0.3) is 6.08 Å². The molecule has 0 atom stereocenters. The van der Waals surface area contributed by atoms with E-state index >= 15 is 0 Å². The van der Waals surface area contributed by atoms with Gasteiger partial charge in [-0.1, -0.05) is 6.07 Å². The molecular weight excluding hydrogens is 408 g/mol. The first-order valence-electron chi connectivity index (χ1n) is 7.83. The van der Waals surface area contributed by atoms with Crippen LogP contribution in [0.5, 0.6) is 11.5 Å². The third-order valence-electron chi connectivity index (χ3n) is 3.52. The van der Waals surface area contributed by atoms with Gasteiger partial charge in [0.15, 0.2) is 11.5 Å². The average Bonchev–Trinajstić information content (AvgIpc) is 2.66. The van der Waals surface area contributed by atoms with E-state index in [4.69, 9.17) is 9.88 Å². The monoisotopic (exact) mass is 423 g/mol. The van der Waals surface area contributed by atoms with E-state index in [0.717, 1.165) is 0 Å². The number of sulfonamides is 1. The van der Waals surface area contributed by atoms with E-state index in [1.54, 1.807) is 6.07 Å². The maximum Gasteiger partial charge on any atom is 0.387 e. The summed E-state index contributed by atoms with van der Waals surface area (Å²) in [6.45, 7) is -3.04. The highest BCUT2D eigenvalue weighted by molar-refractivity contribution is 7.89. The van der Waals surface area contributed by atoms with Crippen molar-refractivity contribution in [3.05, 3.63) is 53.6 Å². The standard InChI is InChI=1S/C18H15F2N3O5S/c1-27-16-9-11(2-7-15(16)28-18(19)20)8-12(10-21)17(24)23-13-3-5-14(6-4-13)29(22,25)26/h2-9,18H,1H3,(H,23,24)(H2,22,25,26). The number of methoxy groups -OCH3 is 1. The zero-order valence-electron chi connectivity index (χ0n) is 14.9. The van der Waals surface area contributed by atoms with Gasteiger partial charge in [0, 0.05) is 5.69 Å². The maximum absolute atomic E-state index is 12.4. The lowest BCUT2D eigenvalue weighted by Crippen LogP contribution is -2.14. The molecule has 0 aliphatic heterocycles. The first kappa shape index (κ1) is 21.8. The molecule has 0 heterocycles. The Morgan fingerprint density at radius 2 is 1.86 bits per heavy atom. The van der Waals surface area contributed by atoms with Crippen molar-refractivity contribution in [3.8, 4) is 17.6 Å². The highest BCUT2D eigenvalue weighted by Gasteiger charge is 2.14. The molecule has 0 unspecified atom stereocenters. The van der Waals surface area contributed by atoms with Crippen LogP contribution in [0.15, 0.2) is 52.9 Å². The van der Waals surface area contributed by atoms with Crippen LogP contribution in [0.1, 0.15) is 5.56 Å². The predicted octanol–water partition coefficient (Wildman–Crippen LogP) is 2.49. The fourth-order valence-corrected chi connectivity index (χ4v) is 2.72. The van der Waals surface area contributed by atoms with Gasteiger partial charge in [-0.2, -0.15) is 14.0 Å². The number of nitrogens with two attached hydrogens (primary N) is 1. The number of rotatable bonds is 7. The number of halogens is 2. The molecule has 0 spiro atoms. The molecule has 0 saturated carbocycles. The Balaban J connectivity index is 2.23. The van der Waals surface area contributed by atoms with Crippen molar-refractivity contribution in [2.45, 2.75) is 11.5 Å². The van der Waals surface area contributed by atoms with E-state index in [1.807, 2.05) is 0 Å². The van der Waals surface area contributed by atoms with Crippen LogP contribution < -0.4 is 19.9 Å². The number of carbonyl (C=O) groups is 1. The summed E-state index contributed by atoms with van der Waals surface area (Å²) in [6, 6.07) is 10.7. The van der Waals surface area contributed by atoms with Crippen LogP contribution >= 0.6 is 0 Å². The molecule has 8 nitrogen and oxygen atoms in total. The topological polar surface area (TPSA) is 132 Å². The van der Waals surface area contributed by atoms with Crippen molar-refractivity contribution in [2.75, 3.05) is 12.4 Å². The summed E-state index contributed by atoms with van der Waals surface area (Å²) in [5.41, 5.74) is 0.284. The lowest BCUT2D eigenvalue weighted by atomic mass is 10.1. The smallest absolute Gasteiger partial charge is 0.387 e. The number of alkyl halides is 2. The average molecular weight is 423 g/mol. The first-order chi connectivity index (χ1) is 13.6. The number of anilines is 1. The molecule has 3 N–H and O–H groups in total. The summed E-state index contributed by atoms with van der Waals surface area (Å²) < 4.78 is 56.5. The number of nitriles is 1. The van der Waals surface area contributed by atoms with Crippen molar-refractivity contribution in [2.24, 2.45) is 5.14 Å². The molecule has 152 valence electrons. The lowest BCUT2D eigenvalue weighted by molar-refractivity contribution is -0.112. The van der Waals surface area contributed by atoms with Crippen LogP contribution in [0.4, 0.5) is 14.5 Å². The predicted molar refractivity (Wildman–Crippen MR) is 99.7 cm³/mol. The number of nitrogens with one attached hydrogen (secondary N) is 1.